The van der Waals surface area contributed by atoms with E-state index in [1.54, 1.807) is 42.5 Å². The topological polar surface area (TPSA) is 97.7 Å². The number of fused-ring (bicyclic) bond motifs is 2. The van der Waals surface area contributed by atoms with Gasteiger partial charge in [-0.05, 0) is 42.8 Å². The first-order valence-electron chi connectivity index (χ1n) is 13.4. The Hall–Kier alpha value is -4.36. The number of benzene rings is 3. The zero-order valence-corrected chi connectivity index (χ0v) is 24.9. The molecule has 44 heavy (non-hydrogen) atoms. The number of nitrogens with one attached hydrogen (secondary N) is 1. The van der Waals surface area contributed by atoms with Gasteiger partial charge in [-0.25, -0.2) is 4.90 Å². The first kappa shape index (κ1) is 29.7. The molecule has 1 N–H and O–H groups in total. The zero-order valence-electron chi connectivity index (χ0n) is 23.3. The number of ether oxygens (including phenoxy) is 1. The van der Waals surface area contributed by atoms with Crippen molar-refractivity contribution >= 4 is 52.2 Å². The molecule has 0 radical (unpaired) electrons. The molecule has 2 aliphatic rings. The highest BCUT2D eigenvalue weighted by molar-refractivity contribution is 8.00. The largest absolute Gasteiger partial charge is 0.496 e. The van der Waals surface area contributed by atoms with E-state index in [-0.39, 0.29) is 6.54 Å². The molecule has 3 amide bonds. The minimum Gasteiger partial charge on any atom is -0.496 e. The number of nitrogens with zero attached hydrogens (tertiary/aromatic N) is 2. The Morgan fingerprint density at radius 3 is 2.43 bits per heavy atom. The Morgan fingerprint density at radius 2 is 1.70 bits per heavy atom. The van der Waals surface area contributed by atoms with Crippen LogP contribution in [-0.4, -0.2) is 34.6 Å². The number of alkyl halides is 3. The summed E-state index contributed by atoms with van der Waals surface area (Å²) in [6, 6.07) is 18.4. The molecule has 2 aliphatic heterocycles. The van der Waals surface area contributed by atoms with Gasteiger partial charge in [-0.15, -0.1) is 0 Å². The highest BCUT2D eigenvalue weighted by atomic mass is 32.2. The maximum atomic E-state index is 14.1. The normalized spacial score (nSPS) is 19.5. The van der Waals surface area contributed by atoms with Crippen molar-refractivity contribution in [2.24, 2.45) is 5.92 Å². The summed E-state index contributed by atoms with van der Waals surface area (Å²) in [6.45, 7) is 1.50. The van der Waals surface area contributed by atoms with Crippen LogP contribution in [0.4, 0.5) is 24.5 Å². The van der Waals surface area contributed by atoms with Crippen LogP contribution in [-0.2, 0) is 27.1 Å². The van der Waals surface area contributed by atoms with Crippen molar-refractivity contribution in [3.8, 4) is 5.75 Å². The molecule has 13 heteroatoms. The van der Waals surface area contributed by atoms with Crippen LogP contribution in [0.25, 0.3) is 0 Å². The Kier molecular flexibility index (Phi) is 7.62. The minimum absolute atomic E-state index is 0.309. The number of methoxy groups -OCH3 is 1. The van der Waals surface area contributed by atoms with Crippen LogP contribution < -0.4 is 19.8 Å². The molecule has 3 aromatic carbocycles. The molecule has 8 nitrogen and oxygen atoms in total. The molecule has 6 rings (SSSR count). The molecular weight excluding hydrogens is 615 g/mol. The fraction of sp³-hybridized carbons (Fsp3) is 0.226. The van der Waals surface area contributed by atoms with Gasteiger partial charge in [0, 0.05) is 22.0 Å². The second-order valence-corrected chi connectivity index (χ2v) is 12.5. The van der Waals surface area contributed by atoms with E-state index in [1.807, 2.05) is 13.0 Å². The summed E-state index contributed by atoms with van der Waals surface area (Å²) in [6.07, 6.45) is -4.82. The third-order valence-corrected chi connectivity index (χ3v) is 10.2. The fourth-order valence-electron chi connectivity index (χ4n) is 5.73. The second kappa shape index (κ2) is 11.3. The number of aryl methyl sites for hydroxylation is 1. The lowest BCUT2D eigenvalue weighted by molar-refractivity contribution is -0.137. The molecule has 0 spiro atoms. The average molecular weight is 640 g/mol. The number of carbonyl (C=O) groups excluding carboxylic acids is 3. The van der Waals surface area contributed by atoms with E-state index in [1.165, 1.54) is 23.8 Å². The van der Waals surface area contributed by atoms with Crippen molar-refractivity contribution in [1.82, 2.24) is 4.57 Å². The highest BCUT2D eigenvalue weighted by Crippen LogP contribution is 2.55. The monoisotopic (exact) mass is 639 g/mol. The number of carbonyl (C=O) groups is 3. The van der Waals surface area contributed by atoms with Crippen LogP contribution >= 0.6 is 23.1 Å². The van der Waals surface area contributed by atoms with E-state index in [4.69, 9.17) is 4.74 Å². The minimum atomic E-state index is -4.82. The predicted molar refractivity (Wildman–Crippen MR) is 160 cm³/mol. The maximum absolute atomic E-state index is 14.1. The molecule has 0 aliphatic carbocycles. The van der Waals surface area contributed by atoms with Crippen molar-refractivity contribution in [3.63, 3.8) is 0 Å². The van der Waals surface area contributed by atoms with Gasteiger partial charge in [0.15, 0.2) is 0 Å². The summed E-state index contributed by atoms with van der Waals surface area (Å²) in [4.78, 5) is 55.0. The number of thioether (sulfide) groups is 1. The number of halogens is 3. The summed E-state index contributed by atoms with van der Waals surface area (Å²) in [7, 11) is 1.44. The van der Waals surface area contributed by atoms with Crippen molar-refractivity contribution in [3.05, 3.63) is 104 Å². The van der Waals surface area contributed by atoms with E-state index in [2.05, 4.69) is 5.32 Å². The molecule has 2 unspecified atom stereocenters. The quantitative estimate of drug-likeness (QED) is 0.273. The van der Waals surface area contributed by atoms with Gasteiger partial charge in [0.2, 0.25) is 17.7 Å². The number of hydrogen-bond donors (Lipinski definition) is 1. The van der Waals surface area contributed by atoms with E-state index >= 15 is 0 Å². The number of imide groups is 1. The lowest BCUT2D eigenvalue weighted by atomic mass is 9.82. The SMILES string of the molecule is COc1ccccc1[C@H]1c2sc(=O)n(CC(=O)Nc3cccc(C)c3)c2SC2C(=O)N(c3ccccc3C(F)(F)F)C(=O)C21. The third-order valence-electron chi connectivity index (χ3n) is 7.58. The lowest BCUT2D eigenvalue weighted by Gasteiger charge is -2.31. The molecule has 4 aromatic rings. The van der Waals surface area contributed by atoms with Crippen LogP contribution in [0.5, 0.6) is 5.75 Å². The second-order valence-electron chi connectivity index (χ2n) is 10.4. The van der Waals surface area contributed by atoms with Gasteiger partial charge in [0.05, 0.1) is 29.3 Å². The maximum Gasteiger partial charge on any atom is 0.418 e. The Labute approximate surface area is 257 Å². The van der Waals surface area contributed by atoms with Gasteiger partial charge >= 0.3 is 11.0 Å². The summed E-state index contributed by atoms with van der Waals surface area (Å²) in [5.74, 6) is -3.77. The first-order chi connectivity index (χ1) is 21.0. The summed E-state index contributed by atoms with van der Waals surface area (Å²) < 4.78 is 48.8. The van der Waals surface area contributed by atoms with Gasteiger partial charge in [-0.3, -0.25) is 23.7 Å². The molecular formula is C31H24F3N3O5S2. The van der Waals surface area contributed by atoms with Crippen LogP contribution in [0.3, 0.4) is 0 Å². The van der Waals surface area contributed by atoms with Gasteiger partial charge in [0.25, 0.3) is 0 Å². The van der Waals surface area contributed by atoms with E-state index in [0.717, 1.165) is 40.8 Å². The summed E-state index contributed by atoms with van der Waals surface area (Å²) >= 11 is 1.76. The van der Waals surface area contributed by atoms with Gasteiger partial charge < -0.3 is 10.1 Å². The van der Waals surface area contributed by atoms with Crippen LogP contribution in [0.15, 0.2) is 82.6 Å². The van der Waals surface area contributed by atoms with Crippen molar-refractivity contribution < 1.29 is 32.3 Å². The van der Waals surface area contributed by atoms with Crippen molar-refractivity contribution in [2.45, 2.75) is 35.8 Å². The van der Waals surface area contributed by atoms with Crippen LogP contribution in [0.1, 0.15) is 27.5 Å². The zero-order chi connectivity index (χ0) is 31.3. The van der Waals surface area contributed by atoms with Gasteiger partial charge in [0.1, 0.15) is 17.5 Å². The number of para-hydroxylation sites is 2. The van der Waals surface area contributed by atoms with E-state index < -0.39 is 57.1 Å². The Balaban J connectivity index is 1.46. The molecule has 1 aromatic heterocycles. The Bertz CT molecular complexity index is 1870. The molecule has 0 bridgehead atoms. The van der Waals surface area contributed by atoms with E-state index in [0.29, 0.717) is 31.8 Å². The number of hydrogen-bond acceptors (Lipinski definition) is 7. The number of aromatic nitrogens is 1. The number of amides is 3. The first-order valence-corrected chi connectivity index (χ1v) is 15.1. The van der Waals surface area contributed by atoms with Crippen molar-refractivity contribution in [1.29, 1.82) is 0 Å². The number of thiazole rings is 1. The Morgan fingerprint density at radius 1 is 0.977 bits per heavy atom. The number of anilines is 2. The fourth-order valence-corrected chi connectivity index (χ4v) is 8.49. The standard InChI is InChI=1S/C31H24F3N3O5S2/c1-16-8-7-9-17(14-16)35-22(38)15-36-29-26(44-30(36)41)23(18-10-3-6-13-21(18)42-2)24-25(43-29)28(40)37(27(24)39)20-12-5-4-11-19(20)31(32,33)34/h3-14,23-25H,15H2,1-2H3,(H,35,38)/t23-,24?,25?/m1/s1. The lowest BCUT2D eigenvalue weighted by Crippen LogP contribution is -2.33. The molecule has 1 fully saturated rings. The van der Waals surface area contributed by atoms with Crippen LogP contribution in [0, 0.1) is 12.8 Å². The average Bonchev–Trinajstić information content (AvgIpc) is 3.42. The smallest absolute Gasteiger partial charge is 0.418 e. The molecule has 3 heterocycles. The summed E-state index contributed by atoms with van der Waals surface area (Å²) in [5, 5.41) is 1.92. The molecule has 1 saturated heterocycles. The van der Waals surface area contributed by atoms with Crippen LogP contribution in [0.2, 0.25) is 0 Å². The van der Waals surface area contributed by atoms with E-state index in [9.17, 15) is 32.3 Å². The molecule has 3 atom stereocenters. The van der Waals surface area contributed by atoms with Gasteiger partial charge in [-0.2, -0.15) is 13.2 Å². The van der Waals surface area contributed by atoms with Crippen molar-refractivity contribution in [2.75, 3.05) is 17.3 Å². The molecule has 226 valence electrons. The predicted octanol–water partition coefficient (Wildman–Crippen LogP) is 5.68. The highest BCUT2D eigenvalue weighted by Gasteiger charge is 2.58. The summed E-state index contributed by atoms with van der Waals surface area (Å²) in [5.41, 5.74) is 0.300. The van der Waals surface area contributed by atoms with Gasteiger partial charge in [-0.1, -0.05) is 65.6 Å². The number of rotatable bonds is 6. The molecule has 0 saturated carbocycles. The third kappa shape index (κ3) is 5.09.